The zero-order chi connectivity index (χ0) is 21.3. The first-order chi connectivity index (χ1) is 13.6. The summed E-state index contributed by atoms with van der Waals surface area (Å²) in [6.07, 6.45) is 1.27. The van der Waals surface area contributed by atoms with Gasteiger partial charge in [-0.05, 0) is 36.3 Å². The van der Waals surface area contributed by atoms with Crippen LogP contribution in [0.4, 0.5) is 0 Å². The van der Waals surface area contributed by atoms with Crippen LogP contribution in [0, 0.1) is 6.92 Å². The van der Waals surface area contributed by atoms with E-state index in [1.54, 1.807) is 15.9 Å². The number of hydrogen-bond acceptors (Lipinski definition) is 4. The molecule has 0 saturated heterocycles. The van der Waals surface area contributed by atoms with E-state index in [2.05, 4.69) is 56.9 Å². The van der Waals surface area contributed by atoms with Crippen molar-refractivity contribution in [3.63, 3.8) is 0 Å². The average molecular weight is 413 g/mol. The summed E-state index contributed by atoms with van der Waals surface area (Å²) in [5.41, 5.74) is 3.24. The average Bonchev–Trinajstić information content (AvgIpc) is 3.02. The van der Waals surface area contributed by atoms with Crippen LogP contribution < -0.4 is 5.56 Å². The summed E-state index contributed by atoms with van der Waals surface area (Å²) in [7, 11) is 0. The highest BCUT2D eigenvalue weighted by molar-refractivity contribution is 7.19. The third kappa shape index (κ3) is 4.27. The van der Waals surface area contributed by atoms with Crippen molar-refractivity contribution in [2.75, 3.05) is 0 Å². The highest BCUT2D eigenvalue weighted by Crippen LogP contribution is 2.37. The number of aromatic nitrogens is 2. The van der Waals surface area contributed by atoms with Crippen LogP contribution in [-0.4, -0.2) is 20.6 Å². The molecule has 0 aliphatic carbocycles. The van der Waals surface area contributed by atoms with Crippen LogP contribution in [0.25, 0.3) is 21.3 Å². The lowest BCUT2D eigenvalue weighted by molar-refractivity contribution is -0.137. The molecular weight excluding hydrogens is 384 g/mol. The van der Waals surface area contributed by atoms with Crippen molar-refractivity contribution >= 4 is 27.5 Å². The molecule has 3 rings (SSSR count). The lowest BCUT2D eigenvalue weighted by Gasteiger charge is -2.19. The molecule has 0 aliphatic heterocycles. The Kier molecular flexibility index (Phi) is 5.94. The second-order valence-electron chi connectivity index (χ2n) is 8.37. The number of rotatable bonds is 6. The van der Waals surface area contributed by atoms with Gasteiger partial charge in [-0.1, -0.05) is 52.0 Å². The monoisotopic (exact) mass is 412 g/mol. The first-order valence-corrected chi connectivity index (χ1v) is 10.8. The number of carboxylic acid groups (broad SMARTS) is 1. The number of hydrogen-bond donors (Lipinski definition) is 1. The second kappa shape index (κ2) is 8.11. The number of fused-ring (bicyclic) bond motifs is 1. The van der Waals surface area contributed by atoms with Crippen LogP contribution in [0.15, 0.2) is 29.1 Å². The molecule has 0 saturated carbocycles. The van der Waals surface area contributed by atoms with E-state index in [1.807, 2.05) is 6.92 Å². The lowest BCUT2D eigenvalue weighted by atomic mass is 9.86. The number of thiophene rings is 1. The molecule has 1 aromatic carbocycles. The molecule has 0 amide bonds. The molecule has 154 valence electrons. The quantitative estimate of drug-likeness (QED) is 0.607. The third-order valence-electron chi connectivity index (χ3n) is 5.21. The largest absolute Gasteiger partial charge is 0.481 e. The predicted molar refractivity (Wildman–Crippen MR) is 119 cm³/mol. The molecule has 0 atom stereocenters. The molecular formula is C23H28N2O3S. The maximum absolute atomic E-state index is 13.4. The normalized spacial score (nSPS) is 11.9. The van der Waals surface area contributed by atoms with Crippen LogP contribution in [0.5, 0.6) is 0 Å². The molecule has 29 heavy (non-hydrogen) atoms. The lowest BCUT2D eigenvalue weighted by Crippen LogP contribution is -2.24. The standard InChI is InChI=1S/C23H28N2O3S/c1-6-17-19(15-9-11-16(12-10-15)23(3,4)5)20-21(29-17)24-14(2)25(22(20)28)13-7-8-18(26)27/h9-12H,6-8,13H2,1-5H3,(H,26,27). The number of carbonyl (C=O) groups is 1. The van der Waals surface area contributed by atoms with Gasteiger partial charge in [0.2, 0.25) is 0 Å². The maximum atomic E-state index is 13.4. The smallest absolute Gasteiger partial charge is 0.303 e. The fourth-order valence-corrected chi connectivity index (χ4v) is 4.74. The van der Waals surface area contributed by atoms with E-state index in [4.69, 9.17) is 5.11 Å². The first-order valence-electron chi connectivity index (χ1n) is 9.99. The zero-order valence-corrected chi connectivity index (χ0v) is 18.5. The molecule has 0 spiro atoms. The Bertz CT molecular complexity index is 1100. The number of benzene rings is 1. The molecule has 1 N–H and O–H groups in total. The van der Waals surface area contributed by atoms with Crippen LogP contribution in [0.1, 0.15) is 56.8 Å². The van der Waals surface area contributed by atoms with Crippen molar-refractivity contribution in [3.05, 3.63) is 50.9 Å². The van der Waals surface area contributed by atoms with Crippen molar-refractivity contribution in [2.24, 2.45) is 0 Å². The van der Waals surface area contributed by atoms with Gasteiger partial charge < -0.3 is 5.11 Å². The molecule has 5 nitrogen and oxygen atoms in total. The van der Waals surface area contributed by atoms with Gasteiger partial charge in [-0.2, -0.15) is 0 Å². The fourth-order valence-electron chi connectivity index (χ4n) is 3.57. The Labute approximate surface area is 175 Å². The van der Waals surface area contributed by atoms with Gasteiger partial charge in [-0.15, -0.1) is 11.3 Å². The van der Waals surface area contributed by atoms with E-state index in [-0.39, 0.29) is 17.4 Å². The van der Waals surface area contributed by atoms with Gasteiger partial charge >= 0.3 is 5.97 Å². The summed E-state index contributed by atoms with van der Waals surface area (Å²) >= 11 is 1.58. The Morgan fingerprint density at radius 1 is 1.21 bits per heavy atom. The van der Waals surface area contributed by atoms with Crippen molar-refractivity contribution in [1.82, 2.24) is 9.55 Å². The summed E-state index contributed by atoms with van der Waals surface area (Å²) in [6.45, 7) is 10.8. The number of nitrogens with zero attached hydrogens (tertiary/aromatic N) is 2. The van der Waals surface area contributed by atoms with Crippen molar-refractivity contribution in [2.45, 2.75) is 65.8 Å². The highest BCUT2D eigenvalue weighted by Gasteiger charge is 2.20. The predicted octanol–water partition coefficient (Wildman–Crippen LogP) is 5.16. The maximum Gasteiger partial charge on any atom is 0.303 e. The summed E-state index contributed by atoms with van der Waals surface area (Å²) in [6, 6.07) is 8.45. The van der Waals surface area contributed by atoms with Crippen molar-refractivity contribution < 1.29 is 9.90 Å². The van der Waals surface area contributed by atoms with Crippen LogP contribution >= 0.6 is 11.3 Å². The van der Waals surface area contributed by atoms with Gasteiger partial charge in [0.1, 0.15) is 10.7 Å². The summed E-state index contributed by atoms with van der Waals surface area (Å²) in [5.74, 6) is -0.223. The van der Waals surface area contributed by atoms with Crippen molar-refractivity contribution in [1.29, 1.82) is 0 Å². The summed E-state index contributed by atoms with van der Waals surface area (Å²) in [5, 5.41) is 9.56. The molecule has 0 fully saturated rings. The van der Waals surface area contributed by atoms with Gasteiger partial charge in [0.15, 0.2) is 0 Å². The number of aliphatic carboxylic acids is 1. The SMILES string of the molecule is CCc1sc2nc(C)n(CCCC(=O)O)c(=O)c2c1-c1ccc(C(C)(C)C)cc1. The van der Waals surface area contributed by atoms with Crippen LogP contribution in [0.3, 0.4) is 0 Å². The van der Waals surface area contributed by atoms with E-state index in [0.29, 0.717) is 24.2 Å². The van der Waals surface area contributed by atoms with Gasteiger partial charge in [0.05, 0.1) is 5.39 Å². The number of carboxylic acids is 1. The molecule has 2 heterocycles. The van der Waals surface area contributed by atoms with E-state index >= 15 is 0 Å². The molecule has 0 bridgehead atoms. The summed E-state index contributed by atoms with van der Waals surface area (Å²) < 4.78 is 1.62. The molecule has 0 radical (unpaired) electrons. The molecule has 0 aliphatic rings. The van der Waals surface area contributed by atoms with Gasteiger partial charge in [-0.3, -0.25) is 14.2 Å². The van der Waals surface area contributed by atoms with Gasteiger partial charge in [0.25, 0.3) is 5.56 Å². The Morgan fingerprint density at radius 2 is 1.86 bits per heavy atom. The number of aryl methyl sites for hydroxylation is 2. The Hall–Kier alpha value is -2.47. The van der Waals surface area contributed by atoms with Gasteiger partial charge in [-0.25, -0.2) is 4.98 Å². The fraction of sp³-hybridized carbons (Fsp3) is 0.435. The molecule has 3 aromatic rings. The highest BCUT2D eigenvalue weighted by atomic mass is 32.1. The topological polar surface area (TPSA) is 72.2 Å². The first kappa shape index (κ1) is 21.2. The van der Waals surface area contributed by atoms with E-state index in [0.717, 1.165) is 27.3 Å². The zero-order valence-electron chi connectivity index (χ0n) is 17.7. The minimum absolute atomic E-state index is 0.0366. The van der Waals surface area contributed by atoms with Crippen LogP contribution in [-0.2, 0) is 23.2 Å². The molecule has 6 heteroatoms. The Morgan fingerprint density at radius 3 is 2.41 bits per heavy atom. The minimum Gasteiger partial charge on any atom is -0.481 e. The summed E-state index contributed by atoms with van der Waals surface area (Å²) in [4.78, 5) is 30.8. The molecule has 0 unspecified atom stereocenters. The van der Waals surface area contributed by atoms with Gasteiger partial charge in [0, 0.05) is 23.4 Å². The van der Waals surface area contributed by atoms with Crippen LogP contribution in [0.2, 0.25) is 0 Å². The van der Waals surface area contributed by atoms with Crippen molar-refractivity contribution in [3.8, 4) is 11.1 Å². The third-order valence-corrected chi connectivity index (χ3v) is 6.44. The van der Waals surface area contributed by atoms with E-state index in [1.165, 1.54) is 5.56 Å². The second-order valence-corrected chi connectivity index (χ2v) is 9.46. The Balaban J connectivity index is 2.16. The minimum atomic E-state index is -0.854. The van der Waals surface area contributed by atoms with E-state index in [9.17, 15) is 9.59 Å². The molecule has 2 aromatic heterocycles. The van der Waals surface area contributed by atoms with E-state index < -0.39 is 5.97 Å².